The molecular formula is C13H24N2O4S. The first-order valence-corrected chi connectivity index (χ1v) is 8.16. The third-order valence-electron chi connectivity index (χ3n) is 2.55. The zero-order valence-corrected chi connectivity index (χ0v) is 13.3. The number of ether oxygens (including phenoxy) is 1. The predicted molar refractivity (Wildman–Crippen MR) is 77.1 cm³/mol. The Bertz CT molecular complexity index is 508. The number of furan rings is 1. The second-order valence-electron chi connectivity index (χ2n) is 5.03. The summed E-state index contributed by atoms with van der Waals surface area (Å²) < 4.78 is 37.5. The normalized spacial score (nSPS) is 12.2. The van der Waals surface area contributed by atoms with Gasteiger partial charge < -0.3 is 14.5 Å². The van der Waals surface area contributed by atoms with Crippen molar-refractivity contribution in [2.75, 3.05) is 26.8 Å². The molecule has 0 aliphatic rings. The van der Waals surface area contributed by atoms with Crippen LogP contribution in [0.3, 0.4) is 0 Å². The summed E-state index contributed by atoms with van der Waals surface area (Å²) in [7, 11) is -1.77. The fourth-order valence-corrected chi connectivity index (χ4v) is 2.91. The first-order chi connectivity index (χ1) is 9.36. The van der Waals surface area contributed by atoms with Crippen LogP contribution in [0.2, 0.25) is 0 Å². The molecule has 0 saturated heterocycles. The van der Waals surface area contributed by atoms with Gasteiger partial charge in [0.25, 0.3) is 0 Å². The molecule has 2 N–H and O–H groups in total. The van der Waals surface area contributed by atoms with Crippen molar-refractivity contribution in [1.82, 2.24) is 10.0 Å². The van der Waals surface area contributed by atoms with Crippen molar-refractivity contribution >= 4 is 10.0 Å². The van der Waals surface area contributed by atoms with Crippen LogP contribution in [0.1, 0.15) is 25.4 Å². The van der Waals surface area contributed by atoms with Gasteiger partial charge in [0.2, 0.25) is 10.0 Å². The van der Waals surface area contributed by atoms with Crippen molar-refractivity contribution in [3.63, 3.8) is 0 Å². The SMILES string of the molecule is CNCc1cc(S(=O)(=O)NCCOCC(C)C)c(C)o1. The van der Waals surface area contributed by atoms with Gasteiger partial charge in [-0.05, 0) is 19.9 Å². The van der Waals surface area contributed by atoms with E-state index in [1.165, 1.54) is 0 Å². The van der Waals surface area contributed by atoms with E-state index < -0.39 is 10.0 Å². The molecule has 0 amide bonds. The third-order valence-corrected chi connectivity index (χ3v) is 4.12. The summed E-state index contributed by atoms with van der Waals surface area (Å²) in [6.07, 6.45) is 0. The van der Waals surface area contributed by atoms with E-state index in [1.54, 1.807) is 20.0 Å². The van der Waals surface area contributed by atoms with Crippen molar-refractivity contribution in [2.45, 2.75) is 32.2 Å². The molecule has 0 saturated carbocycles. The number of nitrogens with one attached hydrogen (secondary N) is 2. The zero-order valence-electron chi connectivity index (χ0n) is 12.5. The van der Waals surface area contributed by atoms with Crippen molar-refractivity contribution < 1.29 is 17.6 Å². The lowest BCUT2D eigenvalue weighted by Gasteiger charge is -2.08. The average Bonchev–Trinajstić information content (AvgIpc) is 2.70. The molecule has 7 heteroatoms. The Balaban J connectivity index is 2.55. The summed E-state index contributed by atoms with van der Waals surface area (Å²) in [6.45, 7) is 7.46. The topological polar surface area (TPSA) is 80.6 Å². The minimum Gasteiger partial charge on any atom is -0.464 e. The Morgan fingerprint density at radius 1 is 1.40 bits per heavy atom. The molecule has 0 aliphatic heterocycles. The molecule has 20 heavy (non-hydrogen) atoms. The van der Waals surface area contributed by atoms with E-state index in [1.807, 2.05) is 13.8 Å². The second kappa shape index (κ2) is 7.78. The predicted octanol–water partition coefficient (Wildman–Crippen LogP) is 1.26. The fourth-order valence-electron chi connectivity index (χ4n) is 1.70. The third kappa shape index (κ3) is 5.24. The van der Waals surface area contributed by atoms with Crippen molar-refractivity contribution in [3.8, 4) is 0 Å². The van der Waals surface area contributed by atoms with E-state index >= 15 is 0 Å². The van der Waals surface area contributed by atoms with Crippen molar-refractivity contribution in [3.05, 3.63) is 17.6 Å². The Morgan fingerprint density at radius 2 is 2.10 bits per heavy atom. The summed E-state index contributed by atoms with van der Waals surface area (Å²) in [5.74, 6) is 1.43. The molecule has 1 rings (SSSR count). The van der Waals surface area contributed by atoms with Crippen LogP contribution in [0.4, 0.5) is 0 Å². The van der Waals surface area contributed by atoms with Crippen molar-refractivity contribution in [2.24, 2.45) is 5.92 Å². The molecule has 6 nitrogen and oxygen atoms in total. The van der Waals surface area contributed by atoms with Gasteiger partial charge in [0.05, 0.1) is 13.2 Å². The second-order valence-corrected chi connectivity index (χ2v) is 6.77. The highest BCUT2D eigenvalue weighted by Crippen LogP contribution is 2.19. The summed E-state index contributed by atoms with van der Waals surface area (Å²) in [6, 6.07) is 1.54. The van der Waals surface area contributed by atoms with Gasteiger partial charge in [0.15, 0.2) is 0 Å². The molecular weight excluding hydrogens is 280 g/mol. The molecule has 0 fully saturated rings. The molecule has 1 aromatic rings. The van der Waals surface area contributed by atoms with Gasteiger partial charge in [-0.2, -0.15) is 0 Å². The standard InChI is InChI=1S/C13H24N2O4S/c1-10(2)9-18-6-5-15-20(16,17)13-7-12(8-14-4)19-11(13)3/h7,10,14-15H,5-6,8-9H2,1-4H3. The molecule has 0 aromatic carbocycles. The number of hydrogen-bond acceptors (Lipinski definition) is 5. The number of sulfonamides is 1. The molecule has 0 spiro atoms. The van der Waals surface area contributed by atoms with Crippen LogP contribution in [0.5, 0.6) is 0 Å². The maximum Gasteiger partial charge on any atom is 0.244 e. The number of aryl methyl sites for hydroxylation is 1. The fraction of sp³-hybridized carbons (Fsp3) is 0.692. The molecule has 0 aliphatic carbocycles. The first-order valence-electron chi connectivity index (χ1n) is 6.68. The minimum atomic E-state index is -3.54. The van der Waals surface area contributed by atoms with Gasteiger partial charge >= 0.3 is 0 Å². The highest BCUT2D eigenvalue weighted by atomic mass is 32.2. The molecule has 0 radical (unpaired) electrons. The molecule has 1 aromatic heterocycles. The summed E-state index contributed by atoms with van der Waals surface area (Å²) in [5, 5.41) is 2.92. The molecule has 1 heterocycles. The smallest absolute Gasteiger partial charge is 0.244 e. The lowest BCUT2D eigenvalue weighted by atomic mass is 10.2. The minimum absolute atomic E-state index is 0.187. The quantitative estimate of drug-likeness (QED) is 0.671. The Kier molecular flexibility index (Phi) is 6.67. The van der Waals surface area contributed by atoms with Crippen LogP contribution in [-0.2, 0) is 21.3 Å². The summed E-state index contributed by atoms with van der Waals surface area (Å²) in [4.78, 5) is 0.187. The van der Waals surface area contributed by atoms with E-state index in [9.17, 15) is 8.42 Å². The molecule has 0 atom stereocenters. The Hall–Kier alpha value is -0.890. The molecule has 0 bridgehead atoms. The van der Waals surface area contributed by atoms with Crippen LogP contribution >= 0.6 is 0 Å². The van der Waals surface area contributed by atoms with E-state index in [4.69, 9.17) is 9.15 Å². The highest BCUT2D eigenvalue weighted by molar-refractivity contribution is 7.89. The van der Waals surface area contributed by atoms with Crippen molar-refractivity contribution in [1.29, 1.82) is 0 Å². The van der Waals surface area contributed by atoms with Crippen LogP contribution in [0, 0.1) is 12.8 Å². The first kappa shape index (κ1) is 17.2. The Labute approximate surface area is 120 Å². The van der Waals surface area contributed by atoms with Crippen LogP contribution < -0.4 is 10.0 Å². The molecule has 0 unspecified atom stereocenters. The number of rotatable bonds is 9. The maximum atomic E-state index is 12.1. The number of hydrogen-bond donors (Lipinski definition) is 2. The van der Waals surface area contributed by atoms with E-state index in [0.29, 0.717) is 37.2 Å². The lowest BCUT2D eigenvalue weighted by Crippen LogP contribution is -2.28. The van der Waals surface area contributed by atoms with E-state index in [2.05, 4.69) is 10.0 Å². The van der Waals surface area contributed by atoms with Crippen LogP contribution in [0.15, 0.2) is 15.4 Å². The maximum absolute atomic E-state index is 12.1. The average molecular weight is 304 g/mol. The largest absolute Gasteiger partial charge is 0.464 e. The van der Waals surface area contributed by atoms with Gasteiger partial charge in [-0.25, -0.2) is 13.1 Å². The van der Waals surface area contributed by atoms with Gasteiger partial charge in [0, 0.05) is 19.2 Å². The van der Waals surface area contributed by atoms with Gasteiger partial charge in [-0.3, -0.25) is 0 Å². The van der Waals surface area contributed by atoms with Gasteiger partial charge in [-0.1, -0.05) is 13.8 Å². The monoisotopic (exact) mass is 304 g/mol. The lowest BCUT2D eigenvalue weighted by molar-refractivity contribution is 0.114. The van der Waals surface area contributed by atoms with E-state index in [-0.39, 0.29) is 11.4 Å². The Morgan fingerprint density at radius 3 is 2.70 bits per heavy atom. The summed E-state index contributed by atoms with van der Waals surface area (Å²) >= 11 is 0. The van der Waals surface area contributed by atoms with Crippen LogP contribution in [-0.4, -0.2) is 35.2 Å². The molecule has 116 valence electrons. The van der Waals surface area contributed by atoms with Crippen LogP contribution in [0.25, 0.3) is 0 Å². The van der Waals surface area contributed by atoms with Gasteiger partial charge in [0.1, 0.15) is 16.4 Å². The zero-order chi connectivity index (χ0) is 15.2. The van der Waals surface area contributed by atoms with Gasteiger partial charge in [-0.15, -0.1) is 0 Å². The van der Waals surface area contributed by atoms with E-state index in [0.717, 1.165) is 0 Å². The highest BCUT2D eigenvalue weighted by Gasteiger charge is 2.20. The summed E-state index contributed by atoms with van der Waals surface area (Å²) in [5.41, 5.74) is 0.